The molecule has 1 aliphatic heterocycles. The molecule has 4 aliphatic rings. The molecule has 3 aliphatic carbocycles. The van der Waals surface area contributed by atoms with Gasteiger partial charge in [-0.2, -0.15) is 0 Å². The number of likely N-dealkylation sites (tertiary alicyclic amines) is 1. The van der Waals surface area contributed by atoms with Gasteiger partial charge in [-0.05, 0) is 111 Å². The number of hydrogen-bond acceptors (Lipinski definition) is 1. The molecule has 0 spiro atoms. The minimum atomic E-state index is 0.589. The third-order valence-electron chi connectivity index (χ3n) is 11.5. The highest BCUT2D eigenvalue weighted by Gasteiger charge is 2.62. The first-order valence-corrected chi connectivity index (χ1v) is 13.9. The molecular weight excluding hydrogens is 362 g/mol. The molecule has 3 saturated carbocycles. The van der Waals surface area contributed by atoms with Gasteiger partial charge in [0.1, 0.15) is 0 Å². The van der Waals surface area contributed by atoms with Crippen LogP contribution < -0.4 is 0 Å². The van der Waals surface area contributed by atoms with Crippen molar-refractivity contribution in [3.05, 3.63) is 0 Å². The summed E-state index contributed by atoms with van der Waals surface area (Å²) < 4.78 is 0. The number of fused-ring (bicyclic) bond motifs is 5. The minimum absolute atomic E-state index is 0.589. The monoisotopic (exact) mass is 415 g/mol. The van der Waals surface area contributed by atoms with E-state index < -0.39 is 0 Å². The van der Waals surface area contributed by atoms with Crippen LogP contribution in [-0.4, -0.2) is 24.5 Å². The molecule has 0 aromatic heterocycles. The molecule has 0 aromatic carbocycles. The highest BCUT2D eigenvalue weighted by Crippen LogP contribution is 2.68. The van der Waals surface area contributed by atoms with Crippen molar-refractivity contribution < 1.29 is 0 Å². The van der Waals surface area contributed by atoms with Gasteiger partial charge in [0.15, 0.2) is 0 Å². The standard InChI is InChI=1S/C29H53N/c1-8-22-19-26-29(6,16-10-18-30(26)7)25-15-17-28(5)23(13-14-24(28)27(22)25)21(4)12-9-11-20(2)3/h20-27H,8-19H2,1-7H3/t21?,22-,23?,24?,25?,26+,27?,28+,29+/m0/s1. The van der Waals surface area contributed by atoms with Crippen molar-refractivity contribution >= 4 is 0 Å². The molecule has 0 bridgehead atoms. The Hall–Kier alpha value is -0.0400. The van der Waals surface area contributed by atoms with E-state index in [1.807, 2.05) is 0 Å². The highest BCUT2D eigenvalue weighted by atomic mass is 15.2. The fraction of sp³-hybridized carbons (Fsp3) is 1.00. The largest absolute Gasteiger partial charge is 0.303 e. The molecule has 0 N–H and O–H groups in total. The van der Waals surface area contributed by atoms with Gasteiger partial charge in [0.2, 0.25) is 0 Å². The van der Waals surface area contributed by atoms with Crippen LogP contribution in [0.3, 0.4) is 0 Å². The molecule has 30 heavy (non-hydrogen) atoms. The maximum Gasteiger partial charge on any atom is 0.0151 e. The van der Waals surface area contributed by atoms with Crippen LogP contribution >= 0.6 is 0 Å². The van der Waals surface area contributed by atoms with Gasteiger partial charge in [0, 0.05) is 6.04 Å². The predicted molar refractivity (Wildman–Crippen MR) is 131 cm³/mol. The van der Waals surface area contributed by atoms with Crippen LogP contribution in [0.25, 0.3) is 0 Å². The minimum Gasteiger partial charge on any atom is -0.303 e. The zero-order valence-electron chi connectivity index (χ0n) is 21.6. The highest BCUT2D eigenvalue weighted by molar-refractivity contribution is 5.12. The Morgan fingerprint density at radius 1 is 0.933 bits per heavy atom. The van der Waals surface area contributed by atoms with Gasteiger partial charge in [-0.15, -0.1) is 0 Å². The molecule has 4 rings (SSSR count). The number of hydrogen-bond donors (Lipinski definition) is 0. The Labute approximate surface area is 189 Å². The second-order valence-corrected chi connectivity index (χ2v) is 13.3. The van der Waals surface area contributed by atoms with Crippen LogP contribution in [0.2, 0.25) is 0 Å². The molecule has 5 unspecified atom stereocenters. The lowest BCUT2D eigenvalue weighted by Gasteiger charge is -2.64. The lowest BCUT2D eigenvalue weighted by molar-refractivity contribution is -0.150. The first kappa shape index (κ1) is 23.1. The lowest BCUT2D eigenvalue weighted by atomic mass is 9.44. The second kappa shape index (κ2) is 8.72. The summed E-state index contributed by atoms with van der Waals surface area (Å²) in [5, 5.41) is 0. The van der Waals surface area contributed by atoms with Crippen LogP contribution in [0, 0.1) is 52.3 Å². The molecule has 0 aromatic rings. The maximum atomic E-state index is 2.77. The van der Waals surface area contributed by atoms with E-state index in [-0.39, 0.29) is 0 Å². The summed E-state index contributed by atoms with van der Waals surface area (Å²) in [5.74, 6) is 6.81. The van der Waals surface area contributed by atoms with Crippen LogP contribution in [0.5, 0.6) is 0 Å². The number of nitrogens with zero attached hydrogens (tertiary/aromatic N) is 1. The first-order valence-electron chi connectivity index (χ1n) is 13.9. The number of rotatable bonds is 6. The predicted octanol–water partition coefficient (Wildman–Crippen LogP) is 8.04. The Kier molecular flexibility index (Phi) is 6.72. The van der Waals surface area contributed by atoms with Crippen molar-refractivity contribution in [3.63, 3.8) is 0 Å². The second-order valence-electron chi connectivity index (χ2n) is 13.3. The van der Waals surface area contributed by atoms with Crippen molar-refractivity contribution in [2.45, 2.75) is 118 Å². The zero-order valence-corrected chi connectivity index (χ0v) is 21.6. The lowest BCUT2D eigenvalue weighted by Crippen LogP contribution is -2.62. The Bertz CT molecular complexity index is 583. The van der Waals surface area contributed by atoms with E-state index in [0.717, 1.165) is 47.5 Å². The Morgan fingerprint density at radius 2 is 1.67 bits per heavy atom. The SMILES string of the molecule is CC[C@H]1C[C@H]2N(C)CCC[C@]2(C)C2CC[C@]3(C)C(C(C)CCCC(C)C)CCC3C21. The van der Waals surface area contributed by atoms with E-state index in [9.17, 15) is 0 Å². The smallest absolute Gasteiger partial charge is 0.0151 e. The fourth-order valence-corrected chi connectivity index (χ4v) is 9.95. The summed E-state index contributed by atoms with van der Waals surface area (Å²) >= 11 is 0. The summed E-state index contributed by atoms with van der Waals surface area (Å²) in [6.07, 6.45) is 16.3. The molecule has 0 radical (unpaired) electrons. The van der Waals surface area contributed by atoms with Gasteiger partial charge in [0.25, 0.3) is 0 Å². The third kappa shape index (κ3) is 3.72. The van der Waals surface area contributed by atoms with Gasteiger partial charge < -0.3 is 4.90 Å². The van der Waals surface area contributed by atoms with Crippen molar-refractivity contribution in [3.8, 4) is 0 Å². The zero-order chi connectivity index (χ0) is 21.7. The number of piperidine rings is 1. The molecule has 9 atom stereocenters. The van der Waals surface area contributed by atoms with E-state index in [2.05, 4.69) is 53.5 Å². The van der Waals surface area contributed by atoms with Gasteiger partial charge in [-0.25, -0.2) is 0 Å². The van der Waals surface area contributed by atoms with Gasteiger partial charge in [0.05, 0.1) is 0 Å². The molecule has 1 saturated heterocycles. The molecular formula is C29H53N. The molecule has 0 amide bonds. The topological polar surface area (TPSA) is 3.24 Å². The van der Waals surface area contributed by atoms with E-state index >= 15 is 0 Å². The Balaban J connectivity index is 1.55. The molecule has 174 valence electrons. The van der Waals surface area contributed by atoms with Crippen molar-refractivity contribution in [2.75, 3.05) is 13.6 Å². The van der Waals surface area contributed by atoms with Crippen LogP contribution in [-0.2, 0) is 0 Å². The average Bonchev–Trinajstić information content (AvgIpc) is 3.04. The average molecular weight is 416 g/mol. The normalized spacial score (nSPS) is 47.6. The van der Waals surface area contributed by atoms with Gasteiger partial charge >= 0.3 is 0 Å². The van der Waals surface area contributed by atoms with Crippen LogP contribution in [0.15, 0.2) is 0 Å². The van der Waals surface area contributed by atoms with Gasteiger partial charge in [-0.1, -0.05) is 67.2 Å². The van der Waals surface area contributed by atoms with E-state index in [1.54, 1.807) is 6.42 Å². The van der Waals surface area contributed by atoms with E-state index in [4.69, 9.17) is 0 Å². The summed E-state index contributed by atoms with van der Waals surface area (Å²) in [4.78, 5) is 2.77. The third-order valence-corrected chi connectivity index (χ3v) is 11.5. The molecule has 1 nitrogen and oxygen atoms in total. The van der Waals surface area contributed by atoms with Crippen molar-refractivity contribution in [1.29, 1.82) is 0 Å². The van der Waals surface area contributed by atoms with Crippen LogP contribution in [0.4, 0.5) is 0 Å². The molecule has 1 heterocycles. The van der Waals surface area contributed by atoms with Crippen molar-refractivity contribution in [1.82, 2.24) is 4.90 Å². The first-order chi connectivity index (χ1) is 14.2. The Morgan fingerprint density at radius 3 is 2.37 bits per heavy atom. The van der Waals surface area contributed by atoms with E-state index in [1.165, 1.54) is 70.8 Å². The summed E-state index contributed by atoms with van der Waals surface area (Å²) in [6, 6.07) is 0.856. The molecule has 1 heteroatoms. The maximum absolute atomic E-state index is 2.77. The summed E-state index contributed by atoms with van der Waals surface area (Å²) in [7, 11) is 2.44. The fourth-order valence-electron chi connectivity index (χ4n) is 9.95. The quantitative estimate of drug-likeness (QED) is 0.424. The summed E-state index contributed by atoms with van der Waals surface area (Å²) in [6.45, 7) is 16.7. The van der Waals surface area contributed by atoms with Gasteiger partial charge in [-0.3, -0.25) is 0 Å². The van der Waals surface area contributed by atoms with Crippen LogP contribution in [0.1, 0.15) is 112 Å². The van der Waals surface area contributed by atoms with Crippen molar-refractivity contribution in [2.24, 2.45) is 52.3 Å². The summed E-state index contributed by atoms with van der Waals surface area (Å²) in [5.41, 5.74) is 1.22. The molecule has 4 fully saturated rings. The van der Waals surface area contributed by atoms with E-state index in [0.29, 0.717) is 10.8 Å².